The van der Waals surface area contributed by atoms with E-state index < -0.39 is 0 Å². The molecule has 0 aliphatic carbocycles. The van der Waals surface area contributed by atoms with Crippen molar-refractivity contribution < 1.29 is 4.42 Å². The highest BCUT2D eigenvalue weighted by atomic mass is 16.4. The second-order valence-electron chi connectivity index (χ2n) is 4.63. The Morgan fingerprint density at radius 3 is 2.54 bits per heavy atom. The Balaban J connectivity index is 2.20. The van der Waals surface area contributed by atoms with Gasteiger partial charge in [0.05, 0.1) is 12.2 Å². The molecule has 0 amide bonds. The first kappa shape index (κ1) is 8.75. The summed E-state index contributed by atoms with van der Waals surface area (Å²) in [5.74, 6) is 1.84. The van der Waals surface area contributed by atoms with E-state index in [1.54, 1.807) is 0 Å². The Morgan fingerprint density at radius 1 is 1.31 bits per heavy atom. The van der Waals surface area contributed by atoms with E-state index in [0.29, 0.717) is 0 Å². The summed E-state index contributed by atoms with van der Waals surface area (Å²) in [6, 6.07) is 0. The van der Waals surface area contributed by atoms with Gasteiger partial charge in [0.25, 0.3) is 0 Å². The maximum atomic E-state index is 5.50. The highest BCUT2D eigenvalue weighted by molar-refractivity contribution is 5.15. The van der Waals surface area contributed by atoms with Crippen LogP contribution < -0.4 is 0 Å². The summed E-state index contributed by atoms with van der Waals surface area (Å²) in [5, 5.41) is 0. The van der Waals surface area contributed by atoms with Gasteiger partial charge in [0.15, 0.2) is 5.89 Å². The molecule has 0 radical (unpaired) electrons. The second kappa shape index (κ2) is 2.58. The molecule has 2 rings (SSSR count). The molecule has 0 bridgehead atoms. The van der Waals surface area contributed by atoms with Gasteiger partial charge in [0, 0.05) is 19.0 Å². The number of nitrogens with zero attached hydrogens (tertiary/aromatic N) is 2. The molecular weight excluding hydrogens is 164 g/mol. The predicted molar refractivity (Wildman–Crippen MR) is 50.2 cm³/mol. The van der Waals surface area contributed by atoms with Gasteiger partial charge in [0.2, 0.25) is 0 Å². The van der Waals surface area contributed by atoms with E-state index in [9.17, 15) is 0 Å². The number of aryl methyl sites for hydroxylation is 1. The van der Waals surface area contributed by atoms with Gasteiger partial charge in [-0.25, -0.2) is 4.98 Å². The Hall–Kier alpha value is -0.830. The molecule has 1 aromatic heterocycles. The van der Waals surface area contributed by atoms with E-state index in [-0.39, 0.29) is 5.54 Å². The van der Waals surface area contributed by atoms with Gasteiger partial charge in [-0.1, -0.05) is 0 Å². The van der Waals surface area contributed by atoms with E-state index in [4.69, 9.17) is 4.42 Å². The lowest BCUT2D eigenvalue weighted by Crippen LogP contribution is -2.37. The van der Waals surface area contributed by atoms with Crippen LogP contribution in [0, 0.1) is 6.92 Å². The fourth-order valence-corrected chi connectivity index (χ4v) is 1.64. The minimum absolute atomic E-state index is 0.205. The first-order valence-corrected chi connectivity index (χ1v) is 4.67. The number of fused-ring (bicyclic) bond motifs is 1. The van der Waals surface area contributed by atoms with Gasteiger partial charge in [-0.05, 0) is 20.8 Å². The van der Waals surface area contributed by atoms with Crippen molar-refractivity contribution in [3.63, 3.8) is 0 Å². The molecule has 1 aromatic rings. The largest absolute Gasteiger partial charge is 0.444 e. The molecule has 0 N–H and O–H groups in total. The Kier molecular flexibility index (Phi) is 1.74. The van der Waals surface area contributed by atoms with Crippen LogP contribution in [0.25, 0.3) is 0 Å². The van der Waals surface area contributed by atoms with Crippen molar-refractivity contribution in [3.05, 3.63) is 17.3 Å². The number of oxazole rings is 1. The van der Waals surface area contributed by atoms with Gasteiger partial charge in [-0.2, -0.15) is 0 Å². The summed E-state index contributed by atoms with van der Waals surface area (Å²) < 4.78 is 5.50. The summed E-state index contributed by atoms with van der Waals surface area (Å²) in [5.41, 5.74) is 1.32. The molecule has 3 nitrogen and oxygen atoms in total. The quantitative estimate of drug-likeness (QED) is 0.612. The van der Waals surface area contributed by atoms with E-state index >= 15 is 0 Å². The van der Waals surface area contributed by atoms with Crippen molar-refractivity contribution >= 4 is 0 Å². The Morgan fingerprint density at radius 2 is 2.00 bits per heavy atom. The monoisotopic (exact) mass is 180 g/mol. The Labute approximate surface area is 78.8 Å². The average Bonchev–Trinajstić information content (AvgIpc) is 2.40. The highest BCUT2D eigenvalue weighted by Gasteiger charge is 2.31. The van der Waals surface area contributed by atoms with Crippen LogP contribution in [-0.2, 0) is 13.1 Å². The fourth-order valence-electron chi connectivity index (χ4n) is 1.64. The molecule has 0 aromatic carbocycles. The zero-order chi connectivity index (χ0) is 9.64. The molecule has 2 heterocycles. The lowest BCUT2D eigenvalue weighted by atomic mass is 10.1. The zero-order valence-corrected chi connectivity index (χ0v) is 8.72. The van der Waals surface area contributed by atoms with Crippen LogP contribution in [0.5, 0.6) is 0 Å². The minimum atomic E-state index is 0.205. The number of aromatic nitrogens is 1. The summed E-state index contributed by atoms with van der Waals surface area (Å²) >= 11 is 0. The molecule has 0 saturated heterocycles. The zero-order valence-electron chi connectivity index (χ0n) is 8.72. The Bertz CT molecular complexity index is 299. The van der Waals surface area contributed by atoms with E-state index in [0.717, 1.165) is 30.4 Å². The van der Waals surface area contributed by atoms with Crippen molar-refractivity contribution in [2.75, 3.05) is 0 Å². The summed E-state index contributed by atoms with van der Waals surface area (Å²) in [6.45, 7) is 10.4. The molecule has 0 saturated carbocycles. The summed E-state index contributed by atoms with van der Waals surface area (Å²) in [4.78, 5) is 6.72. The van der Waals surface area contributed by atoms with Crippen molar-refractivity contribution in [2.24, 2.45) is 0 Å². The van der Waals surface area contributed by atoms with Crippen LogP contribution in [0.1, 0.15) is 38.1 Å². The third kappa shape index (κ3) is 1.48. The molecule has 0 spiro atoms. The third-order valence-corrected chi connectivity index (χ3v) is 2.51. The van der Waals surface area contributed by atoms with E-state index in [1.165, 1.54) is 0 Å². The van der Waals surface area contributed by atoms with E-state index in [1.807, 2.05) is 6.92 Å². The molecule has 0 fully saturated rings. The van der Waals surface area contributed by atoms with Crippen molar-refractivity contribution in [2.45, 2.75) is 46.3 Å². The highest BCUT2D eigenvalue weighted by Crippen LogP contribution is 2.28. The first-order valence-electron chi connectivity index (χ1n) is 4.67. The lowest BCUT2D eigenvalue weighted by molar-refractivity contribution is 0.127. The van der Waals surface area contributed by atoms with E-state index in [2.05, 4.69) is 30.7 Å². The van der Waals surface area contributed by atoms with Crippen LogP contribution >= 0.6 is 0 Å². The van der Waals surface area contributed by atoms with Crippen LogP contribution in [0.3, 0.4) is 0 Å². The topological polar surface area (TPSA) is 29.3 Å². The molecule has 72 valence electrons. The second-order valence-corrected chi connectivity index (χ2v) is 4.63. The van der Waals surface area contributed by atoms with Crippen molar-refractivity contribution in [1.82, 2.24) is 9.88 Å². The molecule has 0 unspecified atom stereocenters. The number of rotatable bonds is 0. The van der Waals surface area contributed by atoms with Crippen LogP contribution in [0.15, 0.2) is 4.42 Å². The fraction of sp³-hybridized carbons (Fsp3) is 0.700. The molecule has 1 aliphatic rings. The number of hydrogen-bond acceptors (Lipinski definition) is 3. The number of hydrogen-bond donors (Lipinski definition) is 0. The standard InChI is InChI=1S/C10H16N2O/c1-7-11-8-5-12(10(2,3)4)6-9(8)13-7/h5-6H2,1-4H3. The smallest absolute Gasteiger partial charge is 0.191 e. The first-order chi connectivity index (χ1) is 5.97. The van der Waals surface area contributed by atoms with Crippen LogP contribution in [0.2, 0.25) is 0 Å². The minimum Gasteiger partial charge on any atom is -0.444 e. The average molecular weight is 180 g/mol. The predicted octanol–water partition coefficient (Wildman–Crippen LogP) is 2.10. The summed E-state index contributed by atoms with van der Waals surface area (Å²) in [7, 11) is 0. The van der Waals surface area contributed by atoms with Crippen LogP contribution in [0.4, 0.5) is 0 Å². The van der Waals surface area contributed by atoms with Crippen LogP contribution in [-0.4, -0.2) is 15.4 Å². The lowest BCUT2D eigenvalue weighted by Gasteiger charge is -2.30. The molecular formula is C10H16N2O. The molecule has 3 heteroatoms. The van der Waals surface area contributed by atoms with Crippen molar-refractivity contribution in [1.29, 1.82) is 0 Å². The van der Waals surface area contributed by atoms with Gasteiger partial charge in [-0.3, -0.25) is 4.90 Å². The molecule has 1 aliphatic heterocycles. The van der Waals surface area contributed by atoms with Gasteiger partial charge in [0.1, 0.15) is 5.76 Å². The normalized spacial score (nSPS) is 17.8. The SMILES string of the molecule is Cc1nc2c(o1)CN(C(C)(C)C)C2. The van der Waals surface area contributed by atoms with Gasteiger partial charge < -0.3 is 4.42 Å². The third-order valence-electron chi connectivity index (χ3n) is 2.51. The molecule has 0 atom stereocenters. The van der Waals surface area contributed by atoms with Gasteiger partial charge >= 0.3 is 0 Å². The molecule has 13 heavy (non-hydrogen) atoms. The maximum absolute atomic E-state index is 5.50. The van der Waals surface area contributed by atoms with Gasteiger partial charge in [-0.15, -0.1) is 0 Å². The summed E-state index contributed by atoms with van der Waals surface area (Å²) in [6.07, 6.45) is 0. The van der Waals surface area contributed by atoms with Crippen molar-refractivity contribution in [3.8, 4) is 0 Å². The maximum Gasteiger partial charge on any atom is 0.191 e.